The zero-order valence-corrected chi connectivity index (χ0v) is 11.5. The molecule has 0 saturated carbocycles. The fraction of sp³-hybridized carbons (Fsp3) is 0.250. The second kappa shape index (κ2) is 6.37. The van der Waals surface area contributed by atoms with Gasteiger partial charge < -0.3 is 10.1 Å². The van der Waals surface area contributed by atoms with Gasteiger partial charge in [0.05, 0.1) is 0 Å². The van der Waals surface area contributed by atoms with Crippen molar-refractivity contribution < 1.29 is 13.5 Å². The number of anilines is 1. The number of alkyl halides is 2. The molecule has 0 spiro atoms. The lowest BCUT2D eigenvalue weighted by atomic mass is 10.0. The van der Waals surface area contributed by atoms with Crippen molar-refractivity contribution in [3.05, 3.63) is 59.2 Å². The first-order chi connectivity index (χ1) is 9.56. The van der Waals surface area contributed by atoms with Crippen LogP contribution in [-0.2, 0) is 6.54 Å². The monoisotopic (exact) mass is 277 g/mol. The number of hydrogen-bond donors (Lipinski definition) is 1. The van der Waals surface area contributed by atoms with Crippen molar-refractivity contribution in [1.82, 2.24) is 0 Å². The average molecular weight is 277 g/mol. The molecule has 0 aromatic heterocycles. The standard InChI is InChI=1S/C16H17F2NO/c1-11-4-3-5-12(2)15(11)10-19-13-6-8-14(9-7-13)20-16(17)18/h3-9,16,19H,10H2,1-2H3. The van der Waals surface area contributed by atoms with E-state index in [2.05, 4.69) is 36.0 Å². The van der Waals surface area contributed by atoms with E-state index in [0.29, 0.717) is 6.54 Å². The highest BCUT2D eigenvalue weighted by Gasteiger charge is 2.04. The molecule has 2 aromatic carbocycles. The smallest absolute Gasteiger partial charge is 0.387 e. The van der Waals surface area contributed by atoms with Gasteiger partial charge in [-0.1, -0.05) is 18.2 Å². The van der Waals surface area contributed by atoms with E-state index in [1.54, 1.807) is 12.1 Å². The molecule has 20 heavy (non-hydrogen) atoms. The van der Waals surface area contributed by atoms with Crippen molar-refractivity contribution in [3.63, 3.8) is 0 Å². The summed E-state index contributed by atoms with van der Waals surface area (Å²) in [5, 5.41) is 3.28. The van der Waals surface area contributed by atoms with E-state index in [1.165, 1.54) is 28.8 Å². The van der Waals surface area contributed by atoms with E-state index < -0.39 is 6.61 Å². The van der Waals surface area contributed by atoms with Crippen LogP contribution in [0.3, 0.4) is 0 Å². The second-order valence-corrected chi connectivity index (χ2v) is 4.63. The van der Waals surface area contributed by atoms with Gasteiger partial charge in [-0.25, -0.2) is 0 Å². The molecule has 2 aromatic rings. The molecule has 4 heteroatoms. The highest BCUT2D eigenvalue weighted by molar-refractivity contribution is 5.48. The van der Waals surface area contributed by atoms with Crippen molar-refractivity contribution in [2.45, 2.75) is 27.0 Å². The first-order valence-corrected chi connectivity index (χ1v) is 6.40. The van der Waals surface area contributed by atoms with Crippen LogP contribution < -0.4 is 10.1 Å². The molecule has 0 amide bonds. The Labute approximate surface area is 117 Å². The molecule has 0 heterocycles. The summed E-state index contributed by atoms with van der Waals surface area (Å²) >= 11 is 0. The number of nitrogens with one attached hydrogen (secondary N) is 1. The number of halogens is 2. The summed E-state index contributed by atoms with van der Waals surface area (Å²) < 4.78 is 28.4. The highest BCUT2D eigenvalue weighted by Crippen LogP contribution is 2.19. The Kier molecular flexibility index (Phi) is 4.56. The van der Waals surface area contributed by atoms with Crippen LogP contribution in [0.2, 0.25) is 0 Å². The maximum atomic E-state index is 12.0. The molecule has 0 aliphatic carbocycles. The third-order valence-corrected chi connectivity index (χ3v) is 3.19. The molecule has 0 unspecified atom stereocenters. The molecule has 0 saturated heterocycles. The van der Waals surface area contributed by atoms with Crippen molar-refractivity contribution in [2.24, 2.45) is 0 Å². The minimum atomic E-state index is -2.79. The van der Waals surface area contributed by atoms with Crippen molar-refractivity contribution in [3.8, 4) is 5.75 Å². The molecule has 0 aliphatic heterocycles. The summed E-state index contributed by atoms with van der Waals surface area (Å²) in [6, 6.07) is 12.7. The van der Waals surface area contributed by atoms with Crippen LogP contribution in [-0.4, -0.2) is 6.61 Å². The van der Waals surface area contributed by atoms with Crippen LogP contribution in [0.25, 0.3) is 0 Å². The number of ether oxygens (including phenoxy) is 1. The van der Waals surface area contributed by atoms with Crippen molar-refractivity contribution in [1.29, 1.82) is 0 Å². The molecule has 0 aliphatic rings. The van der Waals surface area contributed by atoms with Gasteiger partial charge in [0.1, 0.15) is 5.75 Å². The molecule has 106 valence electrons. The summed E-state index contributed by atoms with van der Waals surface area (Å²) in [6.45, 7) is 2.06. The van der Waals surface area contributed by atoms with Gasteiger partial charge in [-0.3, -0.25) is 0 Å². The van der Waals surface area contributed by atoms with E-state index >= 15 is 0 Å². The Morgan fingerprint density at radius 1 is 1.00 bits per heavy atom. The minimum absolute atomic E-state index is 0.164. The van der Waals surface area contributed by atoms with Crippen molar-refractivity contribution >= 4 is 5.69 Å². The Hall–Kier alpha value is -2.10. The molecule has 0 radical (unpaired) electrons. The minimum Gasteiger partial charge on any atom is -0.435 e. The largest absolute Gasteiger partial charge is 0.435 e. The van der Waals surface area contributed by atoms with E-state index in [9.17, 15) is 8.78 Å². The topological polar surface area (TPSA) is 21.3 Å². The van der Waals surface area contributed by atoms with E-state index in [4.69, 9.17) is 0 Å². The van der Waals surface area contributed by atoms with Crippen LogP contribution in [0, 0.1) is 13.8 Å². The average Bonchev–Trinajstić information content (AvgIpc) is 2.39. The lowest BCUT2D eigenvalue weighted by Gasteiger charge is -2.12. The Morgan fingerprint density at radius 2 is 1.60 bits per heavy atom. The van der Waals surface area contributed by atoms with Crippen LogP contribution >= 0.6 is 0 Å². The Bertz CT molecular complexity index is 547. The van der Waals surface area contributed by atoms with Gasteiger partial charge >= 0.3 is 6.61 Å². The number of aryl methyl sites for hydroxylation is 2. The van der Waals surface area contributed by atoms with Gasteiger partial charge in [-0.15, -0.1) is 0 Å². The van der Waals surface area contributed by atoms with Gasteiger partial charge in [-0.05, 0) is 54.8 Å². The van der Waals surface area contributed by atoms with Gasteiger partial charge in [0.25, 0.3) is 0 Å². The predicted molar refractivity (Wildman–Crippen MR) is 76.3 cm³/mol. The first kappa shape index (κ1) is 14.3. The fourth-order valence-corrected chi connectivity index (χ4v) is 2.07. The number of rotatable bonds is 5. The fourth-order valence-electron chi connectivity index (χ4n) is 2.07. The zero-order valence-electron chi connectivity index (χ0n) is 11.5. The van der Waals surface area contributed by atoms with Gasteiger partial charge in [0, 0.05) is 12.2 Å². The first-order valence-electron chi connectivity index (χ1n) is 6.40. The van der Waals surface area contributed by atoms with E-state index in [-0.39, 0.29) is 5.75 Å². The lowest BCUT2D eigenvalue weighted by molar-refractivity contribution is -0.0498. The van der Waals surface area contributed by atoms with Crippen LogP contribution in [0.5, 0.6) is 5.75 Å². The Morgan fingerprint density at radius 3 is 2.15 bits per heavy atom. The van der Waals surface area contributed by atoms with Crippen LogP contribution in [0.1, 0.15) is 16.7 Å². The van der Waals surface area contributed by atoms with Gasteiger partial charge in [-0.2, -0.15) is 8.78 Å². The summed E-state index contributed by atoms with van der Waals surface area (Å²) in [5.74, 6) is 0.164. The van der Waals surface area contributed by atoms with Gasteiger partial charge in [0.2, 0.25) is 0 Å². The highest BCUT2D eigenvalue weighted by atomic mass is 19.3. The third kappa shape index (κ3) is 3.70. The molecule has 0 bridgehead atoms. The van der Waals surface area contributed by atoms with E-state index in [1.807, 2.05) is 6.07 Å². The van der Waals surface area contributed by atoms with E-state index in [0.717, 1.165) is 5.69 Å². The third-order valence-electron chi connectivity index (χ3n) is 3.19. The maximum absolute atomic E-state index is 12.0. The molecule has 1 N–H and O–H groups in total. The van der Waals surface area contributed by atoms with Crippen molar-refractivity contribution in [2.75, 3.05) is 5.32 Å². The quantitative estimate of drug-likeness (QED) is 0.867. The van der Waals surface area contributed by atoms with Crippen LogP contribution in [0.15, 0.2) is 42.5 Å². The molecular formula is C16H17F2NO. The SMILES string of the molecule is Cc1cccc(C)c1CNc1ccc(OC(F)F)cc1. The summed E-state index contributed by atoms with van der Waals surface area (Å²) in [6.07, 6.45) is 0. The molecular weight excluding hydrogens is 260 g/mol. The Balaban J connectivity index is 2.00. The van der Waals surface area contributed by atoms with Gasteiger partial charge in [0.15, 0.2) is 0 Å². The lowest BCUT2D eigenvalue weighted by Crippen LogP contribution is -2.04. The normalized spacial score (nSPS) is 10.7. The molecule has 0 atom stereocenters. The molecule has 2 rings (SSSR count). The summed E-state index contributed by atoms with van der Waals surface area (Å²) in [5.41, 5.74) is 4.58. The molecule has 2 nitrogen and oxygen atoms in total. The summed E-state index contributed by atoms with van der Waals surface area (Å²) in [4.78, 5) is 0. The number of hydrogen-bond acceptors (Lipinski definition) is 2. The maximum Gasteiger partial charge on any atom is 0.387 e. The molecule has 0 fully saturated rings. The number of benzene rings is 2. The second-order valence-electron chi connectivity index (χ2n) is 4.63. The van der Waals surface area contributed by atoms with Crippen LogP contribution in [0.4, 0.5) is 14.5 Å². The summed E-state index contributed by atoms with van der Waals surface area (Å²) in [7, 11) is 0. The predicted octanol–water partition coefficient (Wildman–Crippen LogP) is 4.52. The zero-order chi connectivity index (χ0) is 14.5.